The van der Waals surface area contributed by atoms with Crippen molar-refractivity contribution < 1.29 is 0 Å². The Bertz CT molecular complexity index is 337. The van der Waals surface area contributed by atoms with Crippen LogP contribution >= 0.6 is 0 Å². The van der Waals surface area contributed by atoms with Gasteiger partial charge in [-0.25, -0.2) is 0 Å². The van der Waals surface area contributed by atoms with E-state index in [-0.39, 0.29) is 0 Å². The molecule has 1 N–H and O–H groups in total. The molecule has 0 saturated carbocycles. The molecule has 2 atom stereocenters. The van der Waals surface area contributed by atoms with Crippen LogP contribution in [0.3, 0.4) is 0 Å². The van der Waals surface area contributed by atoms with Gasteiger partial charge in [-0.2, -0.15) is 0 Å². The van der Waals surface area contributed by atoms with E-state index in [9.17, 15) is 0 Å². The smallest absolute Gasteiger partial charge is 0.0336 e. The van der Waals surface area contributed by atoms with E-state index < -0.39 is 0 Å². The van der Waals surface area contributed by atoms with Gasteiger partial charge in [-0.05, 0) is 24.5 Å². The topological polar surface area (TPSA) is 28.2 Å². The minimum atomic E-state index is 0.465. The second kappa shape index (κ2) is 5.61. The number of hydrogen-bond donors (Lipinski definition) is 1. The lowest BCUT2D eigenvalue weighted by Gasteiger charge is -2.39. The third kappa shape index (κ3) is 3.05. The summed E-state index contributed by atoms with van der Waals surface area (Å²) in [7, 11) is 0. The average molecular weight is 233 g/mol. The van der Waals surface area contributed by atoms with Crippen LogP contribution in [0.25, 0.3) is 0 Å². The van der Waals surface area contributed by atoms with Gasteiger partial charge in [0.15, 0.2) is 0 Å². The summed E-state index contributed by atoms with van der Waals surface area (Å²) in [5, 5.41) is 3.60. The van der Waals surface area contributed by atoms with Gasteiger partial charge in [-0.3, -0.25) is 9.88 Å². The first-order chi connectivity index (χ1) is 8.18. The minimum Gasteiger partial charge on any atom is -0.311 e. The van der Waals surface area contributed by atoms with Crippen molar-refractivity contribution in [2.45, 2.75) is 32.9 Å². The van der Waals surface area contributed by atoms with E-state index in [1.165, 1.54) is 5.56 Å². The van der Waals surface area contributed by atoms with E-state index in [0.29, 0.717) is 18.0 Å². The Hall–Kier alpha value is -0.930. The Morgan fingerprint density at radius 1 is 1.41 bits per heavy atom. The number of hydrogen-bond acceptors (Lipinski definition) is 3. The van der Waals surface area contributed by atoms with E-state index in [1.807, 2.05) is 18.5 Å². The molecule has 1 saturated heterocycles. The Morgan fingerprint density at radius 3 is 2.88 bits per heavy atom. The van der Waals surface area contributed by atoms with E-state index in [2.05, 4.69) is 42.0 Å². The standard InChI is InChI=1S/C14H23N3/c1-11(2)14-10-17(8-7-16-14)12(3)13-5-4-6-15-9-13/h4-6,9,11-12,14,16H,7-8,10H2,1-3H3. The van der Waals surface area contributed by atoms with Gasteiger partial charge in [0.2, 0.25) is 0 Å². The van der Waals surface area contributed by atoms with Gasteiger partial charge < -0.3 is 5.32 Å². The number of piperazine rings is 1. The van der Waals surface area contributed by atoms with Gasteiger partial charge in [0.1, 0.15) is 0 Å². The van der Waals surface area contributed by atoms with Crippen LogP contribution in [0.1, 0.15) is 32.4 Å². The van der Waals surface area contributed by atoms with Crippen LogP contribution in [0.15, 0.2) is 24.5 Å². The highest BCUT2D eigenvalue weighted by Crippen LogP contribution is 2.21. The molecule has 2 unspecified atom stereocenters. The van der Waals surface area contributed by atoms with Crippen molar-refractivity contribution in [1.29, 1.82) is 0 Å². The molecule has 0 aliphatic carbocycles. The summed E-state index contributed by atoms with van der Waals surface area (Å²) in [6, 6.07) is 5.27. The molecule has 0 amide bonds. The van der Waals surface area contributed by atoms with Crippen LogP contribution in [0.5, 0.6) is 0 Å². The highest BCUT2D eigenvalue weighted by atomic mass is 15.2. The maximum absolute atomic E-state index is 4.21. The van der Waals surface area contributed by atoms with Crippen LogP contribution in [-0.4, -0.2) is 35.6 Å². The number of pyridine rings is 1. The SMILES string of the molecule is CC(C)C1CN(C(C)c2cccnc2)CCN1. The van der Waals surface area contributed by atoms with Gasteiger partial charge >= 0.3 is 0 Å². The Kier molecular flexibility index (Phi) is 4.13. The zero-order valence-electron chi connectivity index (χ0n) is 11.1. The largest absolute Gasteiger partial charge is 0.311 e. The van der Waals surface area contributed by atoms with E-state index in [4.69, 9.17) is 0 Å². The normalized spacial score (nSPS) is 23.9. The zero-order chi connectivity index (χ0) is 12.3. The molecule has 0 spiro atoms. The number of nitrogens with one attached hydrogen (secondary N) is 1. The molecule has 1 aromatic heterocycles. The molecular formula is C14H23N3. The summed E-state index contributed by atoms with van der Waals surface area (Å²) < 4.78 is 0. The average Bonchev–Trinajstić information content (AvgIpc) is 2.39. The minimum absolute atomic E-state index is 0.465. The Balaban J connectivity index is 2.02. The van der Waals surface area contributed by atoms with E-state index in [0.717, 1.165) is 19.6 Å². The molecule has 2 heterocycles. The van der Waals surface area contributed by atoms with Crippen molar-refractivity contribution in [2.24, 2.45) is 5.92 Å². The quantitative estimate of drug-likeness (QED) is 0.866. The molecule has 0 aromatic carbocycles. The number of aromatic nitrogens is 1. The van der Waals surface area contributed by atoms with Crippen LogP contribution in [0.2, 0.25) is 0 Å². The lowest BCUT2D eigenvalue weighted by molar-refractivity contribution is 0.134. The van der Waals surface area contributed by atoms with Crippen molar-refractivity contribution in [3.8, 4) is 0 Å². The van der Waals surface area contributed by atoms with Gasteiger partial charge in [0.25, 0.3) is 0 Å². The van der Waals surface area contributed by atoms with Gasteiger partial charge in [-0.15, -0.1) is 0 Å². The van der Waals surface area contributed by atoms with E-state index in [1.54, 1.807) is 0 Å². The third-order valence-electron chi connectivity index (χ3n) is 3.76. The molecule has 2 rings (SSSR count). The van der Waals surface area contributed by atoms with Crippen LogP contribution < -0.4 is 5.32 Å². The second-order valence-electron chi connectivity index (χ2n) is 5.26. The third-order valence-corrected chi connectivity index (χ3v) is 3.76. The van der Waals surface area contributed by atoms with Gasteiger partial charge in [0, 0.05) is 44.1 Å². The summed E-state index contributed by atoms with van der Waals surface area (Å²) in [5.74, 6) is 0.693. The molecular weight excluding hydrogens is 210 g/mol. The van der Waals surface area contributed by atoms with Crippen molar-refractivity contribution in [3.63, 3.8) is 0 Å². The highest BCUT2D eigenvalue weighted by Gasteiger charge is 2.25. The molecule has 0 radical (unpaired) electrons. The maximum atomic E-state index is 4.21. The van der Waals surface area contributed by atoms with Crippen LogP contribution in [0.4, 0.5) is 0 Å². The zero-order valence-corrected chi connectivity index (χ0v) is 11.1. The summed E-state index contributed by atoms with van der Waals surface area (Å²) in [6.45, 7) is 10.2. The monoisotopic (exact) mass is 233 g/mol. The lowest BCUT2D eigenvalue weighted by atomic mass is 9.99. The first-order valence-corrected chi connectivity index (χ1v) is 6.56. The second-order valence-corrected chi connectivity index (χ2v) is 5.26. The molecule has 1 aliphatic heterocycles. The lowest BCUT2D eigenvalue weighted by Crippen LogP contribution is -2.53. The fraction of sp³-hybridized carbons (Fsp3) is 0.643. The Morgan fingerprint density at radius 2 is 2.24 bits per heavy atom. The predicted octanol–water partition coefficient (Wildman–Crippen LogP) is 2.07. The molecule has 3 nitrogen and oxygen atoms in total. The number of nitrogens with zero attached hydrogens (tertiary/aromatic N) is 2. The fourth-order valence-electron chi connectivity index (χ4n) is 2.43. The first kappa shape index (κ1) is 12.5. The summed E-state index contributed by atoms with van der Waals surface area (Å²) >= 11 is 0. The van der Waals surface area contributed by atoms with Gasteiger partial charge in [-0.1, -0.05) is 19.9 Å². The van der Waals surface area contributed by atoms with Crippen molar-refractivity contribution >= 4 is 0 Å². The van der Waals surface area contributed by atoms with Crippen molar-refractivity contribution in [1.82, 2.24) is 15.2 Å². The molecule has 3 heteroatoms. The fourth-order valence-corrected chi connectivity index (χ4v) is 2.43. The highest BCUT2D eigenvalue weighted by molar-refractivity contribution is 5.13. The molecule has 94 valence electrons. The van der Waals surface area contributed by atoms with Crippen LogP contribution in [0, 0.1) is 5.92 Å². The molecule has 0 bridgehead atoms. The first-order valence-electron chi connectivity index (χ1n) is 6.56. The van der Waals surface area contributed by atoms with Gasteiger partial charge in [0.05, 0.1) is 0 Å². The Labute approximate surface area is 104 Å². The summed E-state index contributed by atoms with van der Waals surface area (Å²) in [5.41, 5.74) is 1.32. The van der Waals surface area contributed by atoms with Crippen LogP contribution in [-0.2, 0) is 0 Å². The molecule has 17 heavy (non-hydrogen) atoms. The maximum Gasteiger partial charge on any atom is 0.0336 e. The molecule has 1 fully saturated rings. The number of rotatable bonds is 3. The predicted molar refractivity (Wildman–Crippen MR) is 70.9 cm³/mol. The van der Waals surface area contributed by atoms with Crippen molar-refractivity contribution in [3.05, 3.63) is 30.1 Å². The van der Waals surface area contributed by atoms with Crippen molar-refractivity contribution in [2.75, 3.05) is 19.6 Å². The molecule has 1 aliphatic rings. The summed E-state index contributed by atoms with van der Waals surface area (Å²) in [4.78, 5) is 6.77. The molecule has 1 aromatic rings. The van der Waals surface area contributed by atoms with E-state index >= 15 is 0 Å². The summed E-state index contributed by atoms with van der Waals surface area (Å²) in [6.07, 6.45) is 3.82.